The highest BCUT2D eigenvalue weighted by molar-refractivity contribution is 5.85. The van der Waals surface area contributed by atoms with Crippen LogP contribution in [0.15, 0.2) is 24.3 Å². The van der Waals surface area contributed by atoms with Crippen molar-refractivity contribution in [2.45, 2.75) is 26.3 Å². The van der Waals surface area contributed by atoms with Gasteiger partial charge in [0, 0.05) is 0 Å². The first-order valence-corrected chi connectivity index (χ1v) is 5.27. The highest BCUT2D eigenvalue weighted by atomic mass is 35.5. The van der Waals surface area contributed by atoms with Gasteiger partial charge in [-0.1, -0.05) is 24.3 Å². The normalized spacial score (nSPS) is 13.4. The van der Waals surface area contributed by atoms with Crippen LogP contribution in [-0.4, -0.2) is 12.6 Å². The van der Waals surface area contributed by atoms with Gasteiger partial charge in [0.25, 0.3) is 0 Å². The van der Waals surface area contributed by atoms with Crippen molar-refractivity contribution in [2.24, 2.45) is 5.84 Å². The molecule has 1 aromatic carbocycles. The SMILES string of the molecule is CCOC(=O)C(C)(NN)c1ccccc1C.Cl. The Balaban J connectivity index is 0.00000256. The monoisotopic (exact) mass is 258 g/mol. The van der Waals surface area contributed by atoms with Gasteiger partial charge in [-0.15, -0.1) is 12.4 Å². The predicted octanol–water partition coefficient (Wildman–Crippen LogP) is 1.66. The molecule has 1 aromatic rings. The molecular weight excluding hydrogens is 240 g/mol. The predicted molar refractivity (Wildman–Crippen MR) is 69.7 cm³/mol. The van der Waals surface area contributed by atoms with E-state index in [0.29, 0.717) is 6.61 Å². The molecule has 0 radical (unpaired) electrons. The summed E-state index contributed by atoms with van der Waals surface area (Å²) < 4.78 is 5.03. The van der Waals surface area contributed by atoms with Crippen LogP contribution in [0, 0.1) is 6.92 Å². The fourth-order valence-corrected chi connectivity index (χ4v) is 1.66. The molecule has 17 heavy (non-hydrogen) atoms. The number of benzene rings is 1. The fraction of sp³-hybridized carbons (Fsp3) is 0.417. The molecule has 0 aromatic heterocycles. The van der Waals surface area contributed by atoms with Crippen molar-refractivity contribution in [1.29, 1.82) is 0 Å². The Morgan fingerprint density at radius 3 is 2.53 bits per heavy atom. The minimum absolute atomic E-state index is 0. The zero-order chi connectivity index (χ0) is 12.2. The smallest absolute Gasteiger partial charge is 0.331 e. The summed E-state index contributed by atoms with van der Waals surface area (Å²) in [6.07, 6.45) is 0. The van der Waals surface area contributed by atoms with Gasteiger partial charge in [-0.05, 0) is 31.9 Å². The highest BCUT2D eigenvalue weighted by Crippen LogP contribution is 2.24. The molecule has 5 heteroatoms. The van der Waals surface area contributed by atoms with Crippen LogP contribution in [0.3, 0.4) is 0 Å². The van der Waals surface area contributed by atoms with Crippen LogP contribution in [0.4, 0.5) is 0 Å². The van der Waals surface area contributed by atoms with Crippen LogP contribution in [0.2, 0.25) is 0 Å². The number of hydrazine groups is 1. The standard InChI is InChI=1S/C12H18N2O2.ClH/c1-4-16-11(15)12(3,14-13)10-8-6-5-7-9(10)2;/h5-8,14H,4,13H2,1-3H3;1H. The van der Waals surface area contributed by atoms with Crippen molar-refractivity contribution in [3.63, 3.8) is 0 Å². The molecule has 0 saturated carbocycles. The number of nitrogens with two attached hydrogens (primary N) is 1. The summed E-state index contributed by atoms with van der Waals surface area (Å²) in [6.45, 7) is 5.76. The summed E-state index contributed by atoms with van der Waals surface area (Å²) in [5.74, 6) is 5.12. The number of halogens is 1. The lowest BCUT2D eigenvalue weighted by Crippen LogP contribution is -2.51. The van der Waals surface area contributed by atoms with Crippen LogP contribution in [0.25, 0.3) is 0 Å². The van der Waals surface area contributed by atoms with E-state index in [1.807, 2.05) is 31.2 Å². The zero-order valence-electron chi connectivity index (χ0n) is 10.3. The van der Waals surface area contributed by atoms with Crippen LogP contribution in [0.5, 0.6) is 0 Å². The van der Waals surface area contributed by atoms with Gasteiger partial charge in [-0.3, -0.25) is 5.84 Å². The number of hydrogen-bond donors (Lipinski definition) is 2. The Bertz CT molecular complexity index is 385. The second-order valence-electron chi connectivity index (χ2n) is 3.80. The van der Waals surface area contributed by atoms with E-state index in [9.17, 15) is 4.79 Å². The number of carbonyl (C=O) groups excluding carboxylic acids is 1. The van der Waals surface area contributed by atoms with Gasteiger partial charge in [0.1, 0.15) is 0 Å². The fourth-order valence-electron chi connectivity index (χ4n) is 1.66. The van der Waals surface area contributed by atoms with Crippen molar-refractivity contribution in [2.75, 3.05) is 6.61 Å². The second-order valence-corrected chi connectivity index (χ2v) is 3.80. The second kappa shape index (κ2) is 6.59. The largest absolute Gasteiger partial charge is 0.464 e. The van der Waals surface area contributed by atoms with Crippen LogP contribution in [-0.2, 0) is 15.1 Å². The van der Waals surface area contributed by atoms with Crippen molar-refractivity contribution >= 4 is 18.4 Å². The van der Waals surface area contributed by atoms with Crippen molar-refractivity contribution in [3.05, 3.63) is 35.4 Å². The molecule has 0 spiro atoms. The van der Waals surface area contributed by atoms with E-state index in [0.717, 1.165) is 11.1 Å². The molecule has 0 fully saturated rings. The third kappa shape index (κ3) is 3.19. The van der Waals surface area contributed by atoms with Crippen molar-refractivity contribution in [3.8, 4) is 0 Å². The average Bonchev–Trinajstić information content (AvgIpc) is 2.29. The van der Waals surface area contributed by atoms with Gasteiger partial charge in [-0.25, -0.2) is 10.2 Å². The highest BCUT2D eigenvalue weighted by Gasteiger charge is 2.36. The van der Waals surface area contributed by atoms with Crippen molar-refractivity contribution in [1.82, 2.24) is 5.43 Å². The van der Waals surface area contributed by atoms with Gasteiger partial charge < -0.3 is 4.74 Å². The summed E-state index contributed by atoms with van der Waals surface area (Å²) in [4.78, 5) is 11.9. The molecule has 1 rings (SSSR count). The van der Waals surface area contributed by atoms with Gasteiger partial charge in [0.15, 0.2) is 5.54 Å². The first kappa shape index (κ1) is 15.9. The summed E-state index contributed by atoms with van der Waals surface area (Å²) in [6, 6.07) is 7.59. The minimum atomic E-state index is -0.999. The average molecular weight is 259 g/mol. The van der Waals surface area contributed by atoms with Gasteiger partial charge in [-0.2, -0.15) is 0 Å². The minimum Gasteiger partial charge on any atom is -0.464 e. The molecular formula is C12H19ClN2O2. The zero-order valence-corrected chi connectivity index (χ0v) is 11.1. The maximum absolute atomic E-state index is 11.9. The third-order valence-corrected chi connectivity index (χ3v) is 2.66. The number of nitrogens with one attached hydrogen (secondary N) is 1. The van der Waals surface area contributed by atoms with Gasteiger partial charge in [0.05, 0.1) is 6.61 Å². The van der Waals surface area contributed by atoms with E-state index in [4.69, 9.17) is 10.6 Å². The number of rotatable bonds is 4. The number of esters is 1. The lowest BCUT2D eigenvalue weighted by molar-refractivity contribution is -0.151. The van der Waals surface area contributed by atoms with Crippen LogP contribution < -0.4 is 11.3 Å². The molecule has 0 aliphatic heterocycles. The van der Waals surface area contributed by atoms with Gasteiger partial charge >= 0.3 is 5.97 Å². The van der Waals surface area contributed by atoms with Gasteiger partial charge in [0.2, 0.25) is 0 Å². The first-order valence-electron chi connectivity index (χ1n) is 5.27. The lowest BCUT2D eigenvalue weighted by atomic mass is 9.89. The van der Waals surface area contributed by atoms with E-state index in [1.54, 1.807) is 13.8 Å². The molecule has 96 valence electrons. The number of carbonyl (C=O) groups is 1. The summed E-state index contributed by atoms with van der Waals surface area (Å²) in [5.41, 5.74) is 3.37. The molecule has 4 nitrogen and oxygen atoms in total. The molecule has 0 aliphatic rings. The van der Waals surface area contributed by atoms with E-state index in [-0.39, 0.29) is 18.4 Å². The molecule has 0 amide bonds. The lowest BCUT2D eigenvalue weighted by Gasteiger charge is -2.28. The summed E-state index contributed by atoms with van der Waals surface area (Å²) in [7, 11) is 0. The van der Waals surface area contributed by atoms with E-state index < -0.39 is 5.54 Å². The van der Waals surface area contributed by atoms with Crippen LogP contribution in [0.1, 0.15) is 25.0 Å². The molecule has 0 aliphatic carbocycles. The van der Waals surface area contributed by atoms with Crippen LogP contribution >= 0.6 is 12.4 Å². The Morgan fingerprint density at radius 2 is 2.06 bits per heavy atom. The quantitative estimate of drug-likeness (QED) is 0.490. The van der Waals surface area contributed by atoms with E-state index in [1.165, 1.54) is 0 Å². The Labute approximate surface area is 108 Å². The Morgan fingerprint density at radius 1 is 1.47 bits per heavy atom. The molecule has 1 atom stereocenters. The molecule has 0 saturated heterocycles. The Hall–Kier alpha value is -1.10. The number of aryl methyl sites for hydroxylation is 1. The van der Waals surface area contributed by atoms with E-state index in [2.05, 4.69) is 5.43 Å². The van der Waals surface area contributed by atoms with Crippen molar-refractivity contribution < 1.29 is 9.53 Å². The molecule has 1 unspecified atom stereocenters. The number of hydrogen-bond acceptors (Lipinski definition) is 4. The Kier molecular flexibility index (Phi) is 6.16. The maximum Gasteiger partial charge on any atom is 0.331 e. The third-order valence-electron chi connectivity index (χ3n) is 2.66. The summed E-state index contributed by atoms with van der Waals surface area (Å²) >= 11 is 0. The topological polar surface area (TPSA) is 64.3 Å². The molecule has 0 heterocycles. The van der Waals surface area contributed by atoms with E-state index >= 15 is 0 Å². The molecule has 0 bridgehead atoms. The maximum atomic E-state index is 11.9. The first-order chi connectivity index (χ1) is 7.56. The summed E-state index contributed by atoms with van der Waals surface area (Å²) in [5, 5.41) is 0. The number of ether oxygens (including phenoxy) is 1. The molecule has 3 N–H and O–H groups in total.